The molecule has 7 nitrogen and oxygen atoms in total. The van der Waals surface area contributed by atoms with Crippen LogP contribution < -0.4 is 16.4 Å². The van der Waals surface area contributed by atoms with Crippen molar-refractivity contribution in [2.24, 2.45) is 5.92 Å². The molecule has 0 unspecified atom stereocenters. The standard InChI is InChI=1S/C25H29FN4O3/c1-2-29-21-9-5-6-10-22(21)30(25(33)24(29)32)17-23(31)27-15-18-11-13-28(14-12-18)16-19-7-3-4-8-20(19)26/h3-10,18H,2,11-17H2,1H3,(H,27,31). The minimum absolute atomic E-state index is 0.179. The second kappa shape index (κ2) is 10.1. The molecule has 1 aromatic heterocycles. The Hall–Kier alpha value is -3.26. The van der Waals surface area contributed by atoms with E-state index in [1.54, 1.807) is 30.3 Å². The Bertz CT molecular complexity index is 1260. The Labute approximate surface area is 191 Å². The van der Waals surface area contributed by atoms with Gasteiger partial charge in [-0.1, -0.05) is 30.3 Å². The van der Waals surface area contributed by atoms with Crippen LogP contribution in [0.4, 0.5) is 4.39 Å². The third-order valence-corrected chi connectivity index (χ3v) is 6.40. The summed E-state index contributed by atoms with van der Waals surface area (Å²) in [5.74, 6) is -0.140. The summed E-state index contributed by atoms with van der Waals surface area (Å²) in [4.78, 5) is 40.0. The van der Waals surface area contributed by atoms with E-state index in [1.165, 1.54) is 15.2 Å². The predicted octanol–water partition coefficient (Wildman–Crippen LogP) is 2.35. The van der Waals surface area contributed by atoms with Gasteiger partial charge in [0, 0.05) is 25.2 Å². The van der Waals surface area contributed by atoms with Crippen molar-refractivity contribution in [3.8, 4) is 0 Å². The van der Waals surface area contributed by atoms with Crippen LogP contribution in [0.2, 0.25) is 0 Å². The summed E-state index contributed by atoms with van der Waals surface area (Å²) in [6.45, 7) is 4.80. The third kappa shape index (κ3) is 5.06. The average Bonchev–Trinajstić information content (AvgIpc) is 2.83. The van der Waals surface area contributed by atoms with Crippen molar-refractivity contribution in [3.05, 3.63) is 80.6 Å². The van der Waals surface area contributed by atoms with Gasteiger partial charge in [-0.2, -0.15) is 0 Å². The molecule has 4 rings (SSSR count). The Morgan fingerprint density at radius 3 is 2.24 bits per heavy atom. The monoisotopic (exact) mass is 452 g/mol. The number of nitrogens with one attached hydrogen (secondary N) is 1. The van der Waals surface area contributed by atoms with E-state index < -0.39 is 11.1 Å². The van der Waals surface area contributed by atoms with E-state index >= 15 is 0 Å². The number of hydrogen-bond donors (Lipinski definition) is 1. The minimum atomic E-state index is -0.688. The number of fused-ring (bicyclic) bond motifs is 1. The van der Waals surface area contributed by atoms with Crippen molar-refractivity contribution in [1.82, 2.24) is 19.4 Å². The Morgan fingerprint density at radius 2 is 1.58 bits per heavy atom. The number of amides is 1. The lowest BCUT2D eigenvalue weighted by Gasteiger charge is -2.32. The number of benzene rings is 2. The summed E-state index contributed by atoms with van der Waals surface area (Å²) < 4.78 is 16.6. The molecule has 2 heterocycles. The van der Waals surface area contributed by atoms with Crippen molar-refractivity contribution in [2.45, 2.75) is 39.4 Å². The SMILES string of the molecule is CCn1c(=O)c(=O)n(CC(=O)NCC2CCN(Cc3ccccc3F)CC2)c2ccccc21. The second-order valence-corrected chi connectivity index (χ2v) is 8.54. The molecule has 1 aliphatic rings. The smallest absolute Gasteiger partial charge is 0.317 e. The zero-order valence-corrected chi connectivity index (χ0v) is 18.8. The normalized spacial score (nSPS) is 15.1. The highest BCUT2D eigenvalue weighted by molar-refractivity contribution is 5.80. The van der Waals surface area contributed by atoms with Crippen LogP contribution in [0.15, 0.2) is 58.1 Å². The van der Waals surface area contributed by atoms with Crippen molar-refractivity contribution >= 4 is 16.9 Å². The van der Waals surface area contributed by atoms with E-state index in [0.29, 0.717) is 42.1 Å². The molecular weight excluding hydrogens is 423 g/mol. The van der Waals surface area contributed by atoms with E-state index in [1.807, 2.05) is 19.1 Å². The van der Waals surface area contributed by atoms with Gasteiger partial charge < -0.3 is 9.88 Å². The Morgan fingerprint density at radius 1 is 0.970 bits per heavy atom. The topological polar surface area (TPSA) is 76.3 Å². The van der Waals surface area contributed by atoms with E-state index in [4.69, 9.17) is 0 Å². The van der Waals surface area contributed by atoms with Crippen molar-refractivity contribution in [2.75, 3.05) is 19.6 Å². The van der Waals surface area contributed by atoms with Gasteiger partial charge >= 0.3 is 11.1 Å². The maximum absolute atomic E-state index is 13.9. The van der Waals surface area contributed by atoms with Gasteiger partial charge in [0.2, 0.25) is 5.91 Å². The lowest BCUT2D eigenvalue weighted by Crippen LogP contribution is -2.44. The van der Waals surface area contributed by atoms with Crippen molar-refractivity contribution in [3.63, 3.8) is 0 Å². The Balaban J connectivity index is 1.34. The summed E-state index contributed by atoms with van der Waals surface area (Å²) in [5, 5.41) is 2.93. The number of aryl methyl sites for hydroxylation is 1. The summed E-state index contributed by atoms with van der Waals surface area (Å²) in [5.41, 5.74) is 0.602. The van der Waals surface area contributed by atoms with E-state index in [2.05, 4.69) is 10.2 Å². The average molecular weight is 453 g/mol. The molecule has 0 radical (unpaired) electrons. The molecule has 0 saturated carbocycles. The summed E-state index contributed by atoms with van der Waals surface area (Å²) in [6.07, 6.45) is 1.81. The number of aromatic nitrogens is 2. The molecule has 0 bridgehead atoms. The molecule has 0 atom stereocenters. The first kappa shape index (κ1) is 22.9. The van der Waals surface area contributed by atoms with Gasteiger partial charge in [0.15, 0.2) is 0 Å². The molecule has 1 amide bonds. The molecule has 3 aromatic rings. The molecule has 8 heteroatoms. The second-order valence-electron chi connectivity index (χ2n) is 8.54. The first-order valence-corrected chi connectivity index (χ1v) is 11.4. The lowest BCUT2D eigenvalue weighted by molar-refractivity contribution is -0.121. The fourth-order valence-corrected chi connectivity index (χ4v) is 4.52. The van der Waals surface area contributed by atoms with Gasteiger partial charge in [0.05, 0.1) is 11.0 Å². The highest BCUT2D eigenvalue weighted by atomic mass is 19.1. The highest BCUT2D eigenvalue weighted by Gasteiger charge is 2.21. The number of para-hydroxylation sites is 2. The zero-order chi connectivity index (χ0) is 23.4. The van der Waals surface area contributed by atoms with E-state index in [0.717, 1.165) is 25.9 Å². The van der Waals surface area contributed by atoms with Gasteiger partial charge in [0.25, 0.3) is 0 Å². The third-order valence-electron chi connectivity index (χ3n) is 6.40. The molecule has 2 aromatic carbocycles. The number of likely N-dealkylation sites (tertiary alicyclic amines) is 1. The molecular formula is C25H29FN4O3. The molecule has 0 aliphatic carbocycles. The van der Waals surface area contributed by atoms with Crippen LogP contribution in [0.5, 0.6) is 0 Å². The number of carbonyl (C=O) groups is 1. The maximum atomic E-state index is 13.9. The highest BCUT2D eigenvalue weighted by Crippen LogP contribution is 2.19. The zero-order valence-electron chi connectivity index (χ0n) is 18.8. The Kier molecular flexibility index (Phi) is 7.03. The van der Waals surface area contributed by atoms with Crippen LogP contribution in [0, 0.1) is 11.7 Å². The van der Waals surface area contributed by atoms with Crippen LogP contribution in [0.25, 0.3) is 11.0 Å². The molecule has 1 N–H and O–H groups in total. The maximum Gasteiger partial charge on any atom is 0.317 e. The number of nitrogens with zero attached hydrogens (tertiary/aromatic N) is 3. The lowest BCUT2D eigenvalue weighted by atomic mass is 9.96. The number of hydrogen-bond acceptors (Lipinski definition) is 4. The van der Waals surface area contributed by atoms with Crippen LogP contribution in [0.1, 0.15) is 25.3 Å². The van der Waals surface area contributed by atoms with Gasteiger partial charge in [0.1, 0.15) is 12.4 Å². The molecule has 33 heavy (non-hydrogen) atoms. The number of halogens is 1. The van der Waals surface area contributed by atoms with Crippen LogP contribution >= 0.6 is 0 Å². The van der Waals surface area contributed by atoms with Crippen molar-refractivity contribution in [1.29, 1.82) is 0 Å². The molecule has 1 aliphatic heterocycles. The fraction of sp³-hybridized carbons (Fsp3) is 0.400. The first-order valence-electron chi connectivity index (χ1n) is 11.4. The minimum Gasteiger partial charge on any atom is -0.354 e. The quantitative estimate of drug-likeness (QED) is 0.559. The largest absolute Gasteiger partial charge is 0.354 e. The summed E-state index contributed by atoms with van der Waals surface area (Å²) >= 11 is 0. The molecule has 1 saturated heterocycles. The summed E-state index contributed by atoms with van der Waals surface area (Å²) in [6, 6.07) is 14.0. The fourth-order valence-electron chi connectivity index (χ4n) is 4.52. The number of carbonyl (C=O) groups excluding carboxylic acids is 1. The van der Waals surface area contributed by atoms with Gasteiger partial charge in [-0.3, -0.25) is 23.9 Å². The summed E-state index contributed by atoms with van der Waals surface area (Å²) in [7, 11) is 0. The number of rotatable bonds is 7. The predicted molar refractivity (Wildman–Crippen MR) is 126 cm³/mol. The van der Waals surface area contributed by atoms with Gasteiger partial charge in [-0.05, 0) is 57.0 Å². The molecule has 0 spiro atoms. The van der Waals surface area contributed by atoms with E-state index in [-0.39, 0.29) is 18.3 Å². The number of piperidine rings is 1. The van der Waals surface area contributed by atoms with Crippen LogP contribution in [0.3, 0.4) is 0 Å². The van der Waals surface area contributed by atoms with Crippen LogP contribution in [-0.4, -0.2) is 39.6 Å². The van der Waals surface area contributed by atoms with Gasteiger partial charge in [-0.25, -0.2) is 4.39 Å². The van der Waals surface area contributed by atoms with Gasteiger partial charge in [-0.15, -0.1) is 0 Å². The molecule has 174 valence electrons. The first-order chi connectivity index (χ1) is 16.0. The van der Waals surface area contributed by atoms with Crippen molar-refractivity contribution < 1.29 is 9.18 Å². The van der Waals surface area contributed by atoms with Crippen LogP contribution in [-0.2, 0) is 24.4 Å². The van der Waals surface area contributed by atoms with E-state index in [9.17, 15) is 18.8 Å². The molecule has 1 fully saturated rings.